The summed E-state index contributed by atoms with van der Waals surface area (Å²) in [5.41, 5.74) is 1.46. The van der Waals surface area contributed by atoms with Crippen molar-refractivity contribution in [1.82, 2.24) is 4.98 Å². The Hall–Kier alpha value is -1.09. The summed E-state index contributed by atoms with van der Waals surface area (Å²) in [4.78, 5) is 15.7. The molecule has 0 atom stereocenters. The maximum Gasteiger partial charge on any atom is 0.232 e. The number of fused-ring (bicyclic) bond motifs is 1. The average Bonchev–Trinajstić information content (AvgIpc) is 2.19. The molecule has 1 aromatic heterocycles. The van der Waals surface area contributed by atoms with Gasteiger partial charge in [0.05, 0.1) is 12.8 Å². The quantitative estimate of drug-likeness (QED) is 0.715. The minimum absolute atomic E-state index is 0.128. The lowest BCUT2D eigenvalue weighted by Crippen LogP contribution is -2.13. The second-order valence-electron chi connectivity index (χ2n) is 3.25. The third-order valence-electron chi connectivity index (χ3n) is 2.33. The van der Waals surface area contributed by atoms with Crippen LogP contribution in [0.4, 0.5) is 0 Å². The van der Waals surface area contributed by atoms with Crippen molar-refractivity contribution >= 4 is 17.4 Å². The summed E-state index contributed by atoms with van der Waals surface area (Å²) in [5, 5.41) is 0.404. The van der Waals surface area contributed by atoms with E-state index in [1.165, 1.54) is 7.11 Å². The molecule has 74 valence electrons. The number of Topliss-reactive ketones (excluding diaryl/α,β-unsaturated/α-hetero) is 1. The van der Waals surface area contributed by atoms with Crippen LogP contribution in [0.5, 0.6) is 5.88 Å². The highest BCUT2D eigenvalue weighted by Crippen LogP contribution is 2.28. The first-order valence-corrected chi connectivity index (χ1v) is 4.87. The summed E-state index contributed by atoms with van der Waals surface area (Å²) in [6.07, 6.45) is 2.29. The second kappa shape index (κ2) is 3.58. The smallest absolute Gasteiger partial charge is 0.232 e. The molecule has 1 aromatic rings. The van der Waals surface area contributed by atoms with Crippen molar-refractivity contribution in [3.05, 3.63) is 22.3 Å². The number of ketones is 1. The Morgan fingerprint density at radius 3 is 3.00 bits per heavy atom. The zero-order valence-corrected chi connectivity index (χ0v) is 8.60. The van der Waals surface area contributed by atoms with Crippen molar-refractivity contribution in [3.8, 4) is 5.88 Å². The van der Waals surface area contributed by atoms with E-state index in [0.717, 1.165) is 18.5 Å². The van der Waals surface area contributed by atoms with E-state index in [9.17, 15) is 4.79 Å². The third kappa shape index (κ3) is 1.48. The highest BCUT2D eigenvalue weighted by Gasteiger charge is 2.20. The number of rotatable bonds is 1. The van der Waals surface area contributed by atoms with Gasteiger partial charge >= 0.3 is 0 Å². The van der Waals surface area contributed by atoms with Crippen molar-refractivity contribution in [2.45, 2.75) is 19.3 Å². The molecular formula is C10H10ClNO2. The first-order valence-electron chi connectivity index (χ1n) is 4.49. The van der Waals surface area contributed by atoms with Gasteiger partial charge in [0, 0.05) is 12.0 Å². The van der Waals surface area contributed by atoms with Crippen molar-refractivity contribution in [2.75, 3.05) is 7.11 Å². The van der Waals surface area contributed by atoms with Crippen LogP contribution in [0.15, 0.2) is 6.07 Å². The standard InChI is InChI=1S/C10H10ClNO2/c1-14-10-7(11)5-6-8(12-10)3-2-4-9(6)13/h5H,2-4H2,1H3. The van der Waals surface area contributed by atoms with Crippen LogP contribution in [-0.2, 0) is 6.42 Å². The molecule has 2 rings (SSSR count). The van der Waals surface area contributed by atoms with Crippen LogP contribution in [0.2, 0.25) is 5.02 Å². The molecule has 0 spiro atoms. The van der Waals surface area contributed by atoms with E-state index in [0.29, 0.717) is 22.9 Å². The zero-order valence-electron chi connectivity index (χ0n) is 7.84. The Kier molecular flexibility index (Phi) is 2.42. The van der Waals surface area contributed by atoms with Crippen molar-refractivity contribution in [3.63, 3.8) is 0 Å². The van der Waals surface area contributed by atoms with Crippen LogP contribution in [0.25, 0.3) is 0 Å². The van der Waals surface area contributed by atoms with Crippen molar-refractivity contribution in [1.29, 1.82) is 0 Å². The molecule has 4 heteroatoms. The number of carbonyl (C=O) groups is 1. The molecule has 1 aliphatic carbocycles. The molecule has 0 bridgehead atoms. The molecule has 0 unspecified atom stereocenters. The maximum atomic E-state index is 11.5. The van der Waals surface area contributed by atoms with Gasteiger partial charge in [-0.15, -0.1) is 0 Å². The van der Waals surface area contributed by atoms with E-state index < -0.39 is 0 Å². The number of pyridine rings is 1. The van der Waals surface area contributed by atoms with E-state index in [4.69, 9.17) is 16.3 Å². The Labute approximate surface area is 87.0 Å². The fourth-order valence-corrected chi connectivity index (χ4v) is 1.86. The Bertz CT molecular complexity index is 390. The lowest BCUT2D eigenvalue weighted by Gasteiger charge is -2.14. The summed E-state index contributed by atoms with van der Waals surface area (Å²) in [6.45, 7) is 0. The van der Waals surface area contributed by atoms with Crippen LogP contribution < -0.4 is 4.74 Å². The van der Waals surface area contributed by atoms with Crippen molar-refractivity contribution < 1.29 is 9.53 Å². The van der Waals surface area contributed by atoms with Gasteiger partial charge in [0.25, 0.3) is 0 Å². The second-order valence-corrected chi connectivity index (χ2v) is 3.66. The largest absolute Gasteiger partial charge is 0.480 e. The lowest BCUT2D eigenvalue weighted by atomic mass is 9.95. The van der Waals surface area contributed by atoms with Crippen LogP contribution in [0.1, 0.15) is 28.9 Å². The Morgan fingerprint density at radius 1 is 1.50 bits per heavy atom. The van der Waals surface area contributed by atoms with Crippen LogP contribution in [0, 0.1) is 0 Å². The van der Waals surface area contributed by atoms with E-state index in [1.807, 2.05) is 0 Å². The summed E-state index contributed by atoms with van der Waals surface area (Å²) in [7, 11) is 1.52. The fraction of sp³-hybridized carbons (Fsp3) is 0.400. The first-order chi connectivity index (χ1) is 6.72. The normalized spacial score (nSPS) is 15.1. The molecule has 0 aliphatic heterocycles. The summed E-state index contributed by atoms with van der Waals surface area (Å²) in [5.74, 6) is 0.531. The summed E-state index contributed by atoms with van der Waals surface area (Å²) in [6, 6.07) is 1.66. The third-order valence-corrected chi connectivity index (χ3v) is 2.60. The SMILES string of the molecule is COc1nc2c(cc1Cl)C(=O)CCC2. The van der Waals surface area contributed by atoms with E-state index in [2.05, 4.69) is 4.98 Å². The van der Waals surface area contributed by atoms with Gasteiger partial charge in [0.1, 0.15) is 5.02 Å². The first kappa shape index (κ1) is 9.46. The molecule has 0 amide bonds. The lowest BCUT2D eigenvalue weighted by molar-refractivity contribution is 0.0971. The van der Waals surface area contributed by atoms with Gasteiger partial charge in [-0.3, -0.25) is 4.79 Å². The minimum atomic E-state index is 0.128. The topological polar surface area (TPSA) is 39.2 Å². The molecule has 1 heterocycles. The molecule has 1 aliphatic rings. The highest BCUT2D eigenvalue weighted by atomic mass is 35.5. The number of carbonyl (C=O) groups excluding carboxylic acids is 1. The van der Waals surface area contributed by atoms with Gasteiger partial charge < -0.3 is 4.74 Å². The Morgan fingerprint density at radius 2 is 2.29 bits per heavy atom. The van der Waals surface area contributed by atoms with E-state index in [1.54, 1.807) is 6.07 Å². The Balaban J connectivity index is 2.54. The summed E-state index contributed by atoms with van der Waals surface area (Å²) >= 11 is 5.89. The number of ether oxygens (including phenoxy) is 1. The van der Waals surface area contributed by atoms with Crippen LogP contribution >= 0.6 is 11.6 Å². The molecule has 0 saturated carbocycles. The monoisotopic (exact) mass is 211 g/mol. The van der Waals surface area contributed by atoms with Gasteiger partial charge in [-0.25, -0.2) is 4.98 Å². The predicted octanol–water partition coefficient (Wildman–Crippen LogP) is 2.26. The number of methoxy groups -OCH3 is 1. The van der Waals surface area contributed by atoms with Crippen molar-refractivity contribution in [2.24, 2.45) is 0 Å². The molecule has 0 aromatic carbocycles. The molecule has 0 fully saturated rings. The molecule has 14 heavy (non-hydrogen) atoms. The number of aromatic nitrogens is 1. The number of aryl methyl sites for hydroxylation is 1. The molecule has 0 radical (unpaired) electrons. The van der Waals surface area contributed by atoms with Crippen LogP contribution in [-0.4, -0.2) is 17.9 Å². The number of halogens is 1. The molecule has 3 nitrogen and oxygen atoms in total. The van der Waals surface area contributed by atoms with Gasteiger partial charge in [0.2, 0.25) is 5.88 Å². The van der Waals surface area contributed by atoms with E-state index in [-0.39, 0.29) is 5.78 Å². The maximum absolute atomic E-state index is 11.5. The van der Waals surface area contributed by atoms with Gasteiger partial charge in [0.15, 0.2) is 5.78 Å². The molecule has 0 saturated heterocycles. The van der Waals surface area contributed by atoms with E-state index >= 15 is 0 Å². The zero-order chi connectivity index (χ0) is 10.1. The van der Waals surface area contributed by atoms with Gasteiger partial charge in [-0.1, -0.05) is 11.6 Å². The molecule has 0 N–H and O–H groups in total. The summed E-state index contributed by atoms with van der Waals surface area (Å²) < 4.78 is 4.99. The van der Waals surface area contributed by atoms with Gasteiger partial charge in [-0.2, -0.15) is 0 Å². The average molecular weight is 212 g/mol. The number of nitrogens with zero attached hydrogens (tertiary/aromatic N) is 1. The highest BCUT2D eigenvalue weighted by molar-refractivity contribution is 6.32. The predicted molar refractivity (Wildman–Crippen MR) is 53.1 cm³/mol. The number of hydrogen-bond donors (Lipinski definition) is 0. The number of hydrogen-bond acceptors (Lipinski definition) is 3. The van der Waals surface area contributed by atoms with Crippen LogP contribution in [0.3, 0.4) is 0 Å². The molecular weight excluding hydrogens is 202 g/mol. The minimum Gasteiger partial charge on any atom is -0.480 e. The fourth-order valence-electron chi connectivity index (χ4n) is 1.63. The van der Waals surface area contributed by atoms with Gasteiger partial charge in [-0.05, 0) is 18.9 Å².